The topological polar surface area (TPSA) is 52.3 Å². The van der Waals surface area contributed by atoms with Crippen LogP contribution in [0.1, 0.15) is 31.9 Å². The van der Waals surface area contributed by atoms with Crippen molar-refractivity contribution in [1.82, 2.24) is 0 Å². The molecule has 0 bridgehead atoms. The van der Waals surface area contributed by atoms with Crippen LogP contribution in [0.15, 0.2) is 24.3 Å². The van der Waals surface area contributed by atoms with Crippen molar-refractivity contribution >= 4 is 6.09 Å². The van der Waals surface area contributed by atoms with Gasteiger partial charge in [0.15, 0.2) is 0 Å². The first-order valence-electron chi connectivity index (χ1n) is 5.44. The third-order valence-corrected chi connectivity index (χ3v) is 2.19. The molecule has 3 nitrogen and oxygen atoms in total. The van der Waals surface area contributed by atoms with Gasteiger partial charge in [0.25, 0.3) is 0 Å². The van der Waals surface area contributed by atoms with Gasteiger partial charge in [-0.05, 0) is 44.7 Å². The number of aryl methyl sites for hydroxylation is 2. The minimum Gasteiger partial charge on any atom is -0.444 e. The first-order chi connectivity index (χ1) is 7.38. The normalized spacial score (nSPS) is 12.7. The monoisotopic (exact) mass is 221 g/mol. The fraction of sp³-hybridized carbons (Fsp3) is 0.462. The first-order valence-corrected chi connectivity index (χ1v) is 5.44. The standard InChI is InChI=1S/C8H8.C5H11NO2/c1-2-4-8-6-5-7(8)3-1;1-5(2,3)8-4(6)7/h1-4H,5-6H2;1-3H3,(H2,6,7). The van der Waals surface area contributed by atoms with Gasteiger partial charge in [-0.15, -0.1) is 0 Å². The zero-order chi connectivity index (χ0) is 12.2. The Bertz CT molecular complexity index is 343. The zero-order valence-electron chi connectivity index (χ0n) is 10.1. The second kappa shape index (κ2) is 5.01. The average Bonchev–Trinajstić information content (AvgIpc) is 2.03. The van der Waals surface area contributed by atoms with Crippen LogP contribution in [0.4, 0.5) is 4.79 Å². The van der Waals surface area contributed by atoms with Crippen molar-refractivity contribution in [2.24, 2.45) is 5.73 Å². The van der Waals surface area contributed by atoms with E-state index in [1.165, 1.54) is 12.8 Å². The molecule has 3 heteroatoms. The van der Waals surface area contributed by atoms with Crippen LogP contribution < -0.4 is 5.73 Å². The second-order valence-corrected chi connectivity index (χ2v) is 4.80. The quantitative estimate of drug-likeness (QED) is 0.732. The minimum atomic E-state index is -0.725. The van der Waals surface area contributed by atoms with E-state index in [4.69, 9.17) is 5.73 Å². The number of hydrogen-bond donors (Lipinski definition) is 1. The number of amides is 1. The second-order valence-electron chi connectivity index (χ2n) is 4.80. The van der Waals surface area contributed by atoms with E-state index >= 15 is 0 Å². The number of fused-ring (bicyclic) bond motifs is 1. The number of hydrogen-bond acceptors (Lipinski definition) is 2. The van der Waals surface area contributed by atoms with Crippen LogP contribution >= 0.6 is 0 Å². The molecule has 1 aliphatic rings. The maximum absolute atomic E-state index is 10.0. The third kappa shape index (κ3) is 4.34. The highest BCUT2D eigenvalue weighted by atomic mass is 16.6. The molecule has 2 N–H and O–H groups in total. The van der Waals surface area contributed by atoms with Gasteiger partial charge in [-0.2, -0.15) is 0 Å². The first kappa shape index (κ1) is 12.6. The van der Waals surface area contributed by atoms with Crippen LogP contribution in [0.5, 0.6) is 0 Å². The summed E-state index contributed by atoms with van der Waals surface area (Å²) >= 11 is 0. The molecule has 0 saturated carbocycles. The number of carbonyl (C=O) groups excluding carboxylic acids is 1. The summed E-state index contributed by atoms with van der Waals surface area (Å²) in [5.74, 6) is 0. The predicted octanol–water partition coefficient (Wildman–Crippen LogP) is 2.67. The summed E-state index contributed by atoms with van der Waals surface area (Å²) in [4.78, 5) is 10.0. The zero-order valence-corrected chi connectivity index (χ0v) is 10.1. The van der Waals surface area contributed by atoms with Gasteiger partial charge in [0.05, 0.1) is 0 Å². The van der Waals surface area contributed by atoms with Gasteiger partial charge in [-0.3, -0.25) is 0 Å². The number of rotatable bonds is 0. The summed E-state index contributed by atoms with van der Waals surface area (Å²) in [5, 5.41) is 0. The van der Waals surface area contributed by atoms with Gasteiger partial charge >= 0.3 is 6.09 Å². The summed E-state index contributed by atoms with van der Waals surface area (Å²) in [6, 6.07) is 8.63. The molecule has 0 aromatic heterocycles. The van der Waals surface area contributed by atoms with Gasteiger partial charge in [-0.25, -0.2) is 4.79 Å². The lowest BCUT2D eigenvalue weighted by molar-refractivity contribution is 0.0600. The summed E-state index contributed by atoms with van der Waals surface area (Å²) < 4.78 is 4.58. The fourth-order valence-corrected chi connectivity index (χ4v) is 1.44. The van der Waals surface area contributed by atoms with E-state index in [1.54, 1.807) is 31.9 Å². The Morgan fingerprint density at radius 2 is 1.62 bits per heavy atom. The Hall–Kier alpha value is -1.51. The van der Waals surface area contributed by atoms with Crippen LogP contribution in [0.2, 0.25) is 0 Å². The molecule has 88 valence electrons. The van der Waals surface area contributed by atoms with Gasteiger partial charge in [-0.1, -0.05) is 24.3 Å². The molecule has 0 unspecified atom stereocenters. The Labute approximate surface area is 96.6 Å². The maximum Gasteiger partial charge on any atom is 0.405 e. The Morgan fingerprint density at radius 3 is 1.75 bits per heavy atom. The summed E-state index contributed by atoms with van der Waals surface area (Å²) in [5.41, 5.74) is 7.36. The minimum absolute atomic E-state index is 0.453. The van der Waals surface area contributed by atoms with Crippen molar-refractivity contribution in [2.45, 2.75) is 39.2 Å². The van der Waals surface area contributed by atoms with Crippen molar-refractivity contribution in [3.8, 4) is 0 Å². The average molecular weight is 221 g/mol. The van der Waals surface area contributed by atoms with Crippen LogP contribution in [-0.2, 0) is 17.6 Å². The van der Waals surface area contributed by atoms with Crippen molar-refractivity contribution in [3.63, 3.8) is 0 Å². The lowest BCUT2D eigenvalue weighted by atomic mass is 9.89. The highest BCUT2D eigenvalue weighted by Gasteiger charge is 2.12. The summed E-state index contributed by atoms with van der Waals surface area (Å²) in [6.45, 7) is 5.28. The summed E-state index contributed by atoms with van der Waals surface area (Å²) in [7, 11) is 0. The molecule has 0 heterocycles. The van der Waals surface area contributed by atoms with Crippen molar-refractivity contribution in [2.75, 3.05) is 0 Å². The molecule has 0 fully saturated rings. The molecule has 0 spiro atoms. The molecular formula is C13H19NO2. The number of ether oxygens (including phenoxy) is 1. The van der Waals surface area contributed by atoms with E-state index in [0.717, 1.165) is 0 Å². The molecular weight excluding hydrogens is 202 g/mol. The molecule has 0 saturated heterocycles. The van der Waals surface area contributed by atoms with E-state index < -0.39 is 11.7 Å². The molecule has 1 amide bonds. The van der Waals surface area contributed by atoms with Crippen LogP contribution in [0.3, 0.4) is 0 Å². The van der Waals surface area contributed by atoms with Gasteiger partial charge in [0.1, 0.15) is 5.60 Å². The van der Waals surface area contributed by atoms with Crippen molar-refractivity contribution < 1.29 is 9.53 Å². The van der Waals surface area contributed by atoms with Crippen LogP contribution in [0.25, 0.3) is 0 Å². The molecule has 2 rings (SSSR count). The number of carbonyl (C=O) groups is 1. The number of benzene rings is 1. The van der Waals surface area contributed by atoms with E-state index in [-0.39, 0.29) is 0 Å². The van der Waals surface area contributed by atoms with Gasteiger partial charge in [0.2, 0.25) is 0 Å². The predicted molar refractivity (Wildman–Crippen MR) is 64.3 cm³/mol. The summed E-state index contributed by atoms with van der Waals surface area (Å²) in [6.07, 6.45) is 1.88. The van der Waals surface area contributed by atoms with Gasteiger partial charge < -0.3 is 10.5 Å². The number of nitrogens with two attached hydrogens (primary N) is 1. The highest BCUT2D eigenvalue weighted by molar-refractivity contribution is 5.65. The largest absolute Gasteiger partial charge is 0.444 e. The highest BCUT2D eigenvalue weighted by Crippen LogP contribution is 2.20. The van der Waals surface area contributed by atoms with Crippen molar-refractivity contribution in [3.05, 3.63) is 35.4 Å². The molecule has 1 aromatic rings. The Morgan fingerprint density at radius 1 is 1.19 bits per heavy atom. The maximum atomic E-state index is 10.0. The van der Waals surface area contributed by atoms with E-state index in [0.29, 0.717) is 0 Å². The fourth-order valence-electron chi connectivity index (χ4n) is 1.44. The molecule has 0 atom stereocenters. The van der Waals surface area contributed by atoms with E-state index in [2.05, 4.69) is 29.0 Å². The Balaban J connectivity index is 0.000000160. The lowest BCUT2D eigenvalue weighted by Crippen LogP contribution is -2.27. The SMILES string of the molecule is CC(C)(C)OC(N)=O.c1ccc2c(c1)CC2. The molecule has 0 radical (unpaired) electrons. The van der Waals surface area contributed by atoms with Gasteiger partial charge in [0, 0.05) is 0 Å². The lowest BCUT2D eigenvalue weighted by Gasteiger charge is -2.16. The van der Waals surface area contributed by atoms with E-state index in [9.17, 15) is 4.79 Å². The molecule has 1 aliphatic carbocycles. The molecule has 16 heavy (non-hydrogen) atoms. The van der Waals surface area contributed by atoms with Crippen LogP contribution in [0, 0.1) is 0 Å². The molecule has 0 aliphatic heterocycles. The Kier molecular flexibility index (Phi) is 3.93. The number of primary amides is 1. The van der Waals surface area contributed by atoms with Crippen LogP contribution in [-0.4, -0.2) is 11.7 Å². The smallest absolute Gasteiger partial charge is 0.405 e. The van der Waals surface area contributed by atoms with E-state index in [1.807, 2.05) is 0 Å². The van der Waals surface area contributed by atoms with Crippen molar-refractivity contribution in [1.29, 1.82) is 0 Å². The third-order valence-electron chi connectivity index (χ3n) is 2.19. The molecule has 1 aromatic carbocycles.